The molecule has 0 saturated heterocycles. The molecule has 15 heavy (non-hydrogen) atoms. The molecule has 1 heterocycles. The average molecular weight is 247 g/mol. The first kappa shape index (κ1) is 14.4. The van der Waals surface area contributed by atoms with Gasteiger partial charge in [-0.15, -0.1) is 0 Å². The van der Waals surface area contributed by atoms with Crippen molar-refractivity contribution in [2.24, 2.45) is 5.92 Å². The standard InChI is InChI=1S/C6H12N.CHF3O3S/c1-6-3-4-7(2)5-6;2-1(3,4)8(5,6)7/h5-6H,3-4H2,1-2H3;(H,5,6,7)/q+1;/p-1. The Hall–Kier alpha value is -0.630. The summed E-state index contributed by atoms with van der Waals surface area (Å²) < 4.78 is 61.2. The zero-order valence-corrected chi connectivity index (χ0v) is 9.10. The largest absolute Gasteiger partial charge is 0.741 e. The predicted molar refractivity (Wildman–Crippen MR) is 46.6 cm³/mol. The highest BCUT2D eigenvalue weighted by Crippen LogP contribution is 2.20. The van der Waals surface area contributed by atoms with Crippen LogP contribution in [0.3, 0.4) is 0 Å². The van der Waals surface area contributed by atoms with E-state index in [1.54, 1.807) is 0 Å². The first-order chi connectivity index (χ1) is 6.54. The summed E-state index contributed by atoms with van der Waals surface area (Å²) in [5, 5.41) is 0. The smallest absolute Gasteiger partial charge is 0.485 e. The van der Waals surface area contributed by atoms with E-state index in [-0.39, 0.29) is 0 Å². The molecule has 4 nitrogen and oxygen atoms in total. The van der Waals surface area contributed by atoms with Crippen molar-refractivity contribution in [3.8, 4) is 0 Å². The molecule has 1 unspecified atom stereocenters. The van der Waals surface area contributed by atoms with Crippen molar-refractivity contribution >= 4 is 16.3 Å². The van der Waals surface area contributed by atoms with E-state index in [9.17, 15) is 13.2 Å². The maximum Gasteiger partial charge on any atom is 0.485 e. The van der Waals surface area contributed by atoms with Gasteiger partial charge < -0.3 is 4.55 Å². The maximum atomic E-state index is 10.7. The molecule has 0 aliphatic carbocycles. The summed E-state index contributed by atoms with van der Waals surface area (Å²) in [5.41, 5.74) is -5.65. The van der Waals surface area contributed by atoms with Crippen molar-refractivity contribution in [1.29, 1.82) is 0 Å². The lowest BCUT2D eigenvalue weighted by molar-refractivity contribution is -0.484. The molecule has 0 bridgehead atoms. The summed E-state index contributed by atoms with van der Waals surface area (Å²) in [6.07, 6.45) is 3.62. The molecule has 0 fully saturated rings. The molecule has 1 aliphatic rings. The van der Waals surface area contributed by atoms with Gasteiger partial charge in [0.25, 0.3) is 0 Å². The molecule has 1 rings (SSSR count). The van der Waals surface area contributed by atoms with Crippen LogP contribution in [0.2, 0.25) is 0 Å². The fourth-order valence-electron chi connectivity index (χ4n) is 0.991. The van der Waals surface area contributed by atoms with E-state index >= 15 is 0 Å². The minimum Gasteiger partial charge on any atom is -0.741 e. The van der Waals surface area contributed by atoms with Crippen LogP contribution >= 0.6 is 0 Å². The third-order valence-corrected chi connectivity index (χ3v) is 2.30. The number of hydrogen-bond acceptors (Lipinski definition) is 3. The van der Waals surface area contributed by atoms with Crippen LogP contribution in [-0.4, -0.2) is 42.9 Å². The van der Waals surface area contributed by atoms with Crippen LogP contribution in [0, 0.1) is 5.92 Å². The van der Waals surface area contributed by atoms with Gasteiger partial charge in [0.2, 0.25) is 0 Å². The van der Waals surface area contributed by atoms with Crippen molar-refractivity contribution in [3.05, 3.63) is 0 Å². The lowest BCUT2D eigenvalue weighted by atomic mass is 10.2. The summed E-state index contributed by atoms with van der Waals surface area (Å²) in [6.45, 7) is 3.50. The Balaban J connectivity index is 0.000000262. The van der Waals surface area contributed by atoms with Crippen LogP contribution in [0.5, 0.6) is 0 Å². The Bertz CT molecular complexity index is 334. The highest BCUT2D eigenvalue weighted by Gasteiger charge is 2.36. The van der Waals surface area contributed by atoms with Gasteiger partial charge in [-0.2, -0.15) is 13.2 Å². The summed E-state index contributed by atoms with van der Waals surface area (Å²) in [6, 6.07) is 0. The molecule has 0 spiro atoms. The molecule has 0 aromatic carbocycles. The molecule has 0 aromatic heterocycles. The number of hydrogen-bond donors (Lipinski definition) is 0. The normalized spacial score (nSPS) is 21.7. The number of alkyl halides is 3. The van der Waals surface area contributed by atoms with E-state index < -0.39 is 15.6 Å². The molecule has 1 aliphatic heterocycles. The zero-order chi connectivity index (χ0) is 12.3. The van der Waals surface area contributed by atoms with Gasteiger partial charge in [-0.25, -0.2) is 13.0 Å². The molecule has 0 saturated carbocycles. The maximum absolute atomic E-state index is 10.7. The van der Waals surface area contributed by atoms with E-state index in [0.29, 0.717) is 0 Å². The van der Waals surface area contributed by atoms with Crippen LogP contribution in [0.25, 0.3) is 0 Å². The van der Waals surface area contributed by atoms with E-state index in [1.165, 1.54) is 13.0 Å². The fraction of sp³-hybridized carbons (Fsp3) is 0.857. The first-order valence-electron chi connectivity index (χ1n) is 4.11. The molecule has 0 amide bonds. The second-order valence-electron chi connectivity index (χ2n) is 3.30. The highest BCUT2D eigenvalue weighted by molar-refractivity contribution is 7.86. The van der Waals surface area contributed by atoms with Crippen molar-refractivity contribution < 1.29 is 30.7 Å². The van der Waals surface area contributed by atoms with Crippen molar-refractivity contribution in [2.75, 3.05) is 13.6 Å². The van der Waals surface area contributed by atoms with Crippen LogP contribution in [0.4, 0.5) is 13.2 Å². The quantitative estimate of drug-likeness (QED) is 0.361. The molecule has 0 N–H and O–H groups in total. The summed E-state index contributed by atoms with van der Waals surface area (Å²) >= 11 is 0. The molecule has 8 heteroatoms. The van der Waals surface area contributed by atoms with E-state index in [4.69, 9.17) is 13.0 Å². The second-order valence-corrected chi connectivity index (χ2v) is 4.67. The topological polar surface area (TPSA) is 60.2 Å². The van der Waals surface area contributed by atoms with Gasteiger partial charge in [0.05, 0.1) is 0 Å². The Morgan fingerprint density at radius 3 is 1.93 bits per heavy atom. The summed E-state index contributed by atoms with van der Waals surface area (Å²) in [4.78, 5) is 0. The van der Waals surface area contributed by atoms with E-state index in [1.807, 2.05) is 0 Å². The molecule has 0 aromatic rings. The van der Waals surface area contributed by atoms with Gasteiger partial charge in [-0.3, -0.25) is 0 Å². The van der Waals surface area contributed by atoms with Gasteiger partial charge in [0, 0.05) is 12.3 Å². The molecule has 90 valence electrons. The van der Waals surface area contributed by atoms with E-state index in [2.05, 4.69) is 24.8 Å². The van der Waals surface area contributed by atoms with Gasteiger partial charge >= 0.3 is 5.51 Å². The number of nitrogens with zero attached hydrogens (tertiary/aromatic N) is 1. The van der Waals surface area contributed by atoms with Crippen molar-refractivity contribution in [1.82, 2.24) is 0 Å². The minimum absolute atomic E-state index is 0.824. The second kappa shape index (κ2) is 4.93. The lowest BCUT2D eigenvalue weighted by Gasteiger charge is -2.08. The SMILES string of the molecule is CC1C=[N+](C)CC1.O=S(=O)([O-])C(F)(F)F. The molecular weight excluding hydrogens is 235 g/mol. The Morgan fingerprint density at radius 2 is 1.87 bits per heavy atom. The summed E-state index contributed by atoms with van der Waals surface area (Å²) in [7, 11) is -3.96. The van der Waals surface area contributed by atoms with E-state index in [0.717, 1.165) is 5.92 Å². The molecular formula is C7H12F3NO3S. The lowest BCUT2D eigenvalue weighted by Crippen LogP contribution is -2.21. The first-order valence-corrected chi connectivity index (χ1v) is 5.52. The zero-order valence-electron chi connectivity index (χ0n) is 8.28. The third-order valence-electron chi connectivity index (χ3n) is 1.73. The summed E-state index contributed by atoms with van der Waals surface area (Å²) in [5.74, 6) is 0.824. The highest BCUT2D eigenvalue weighted by atomic mass is 32.2. The molecule has 1 atom stereocenters. The van der Waals surface area contributed by atoms with Crippen molar-refractivity contribution in [2.45, 2.75) is 18.9 Å². The monoisotopic (exact) mass is 247 g/mol. The van der Waals surface area contributed by atoms with Gasteiger partial charge in [0.1, 0.15) is 19.8 Å². The van der Waals surface area contributed by atoms with Gasteiger partial charge in [0.15, 0.2) is 10.1 Å². The fourth-order valence-corrected chi connectivity index (χ4v) is 0.991. The van der Waals surface area contributed by atoms with Crippen molar-refractivity contribution in [3.63, 3.8) is 0 Å². The number of halogens is 3. The van der Waals surface area contributed by atoms with Crippen LogP contribution < -0.4 is 0 Å². The minimum atomic E-state index is -6.09. The third kappa shape index (κ3) is 5.73. The van der Waals surface area contributed by atoms with Gasteiger partial charge in [-0.1, -0.05) is 6.92 Å². The van der Waals surface area contributed by atoms with Gasteiger partial charge in [-0.05, 0) is 0 Å². The molecule has 0 radical (unpaired) electrons. The average Bonchev–Trinajstić information content (AvgIpc) is 2.31. The van der Waals surface area contributed by atoms with Crippen LogP contribution in [-0.2, 0) is 10.1 Å². The Morgan fingerprint density at radius 1 is 1.47 bits per heavy atom. The Labute approximate surface area is 86.2 Å². The van der Waals surface area contributed by atoms with Crippen LogP contribution in [0.1, 0.15) is 13.3 Å². The predicted octanol–water partition coefficient (Wildman–Crippen LogP) is 0.791. The van der Waals surface area contributed by atoms with Crippen LogP contribution in [0.15, 0.2) is 0 Å². The Kier molecular flexibility index (Phi) is 4.72. The number of rotatable bonds is 0.